The molecule has 0 amide bonds. The number of nitriles is 1. The van der Waals surface area contributed by atoms with Crippen LogP contribution in [0.25, 0.3) is 115 Å². The Morgan fingerprint density at radius 3 is 0.968 bits per heavy atom. The van der Waals surface area contributed by atoms with Gasteiger partial charge < -0.3 is 18.3 Å². The monoisotopic (exact) mass is 792 g/mol. The summed E-state index contributed by atoms with van der Waals surface area (Å²) in [6, 6.07) is 58.1. The van der Waals surface area contributed by atoms with E-state index >= 15 is 0 Å². The maximum Gasteiger partial charge on any atom is 0.237 e. The van der Waals surface area contributed by atoms with Crippen LogP contribution >= 0.6 is 0 Å². The summed E-state index contributed by atoms with van der Waals surface area (Å²) in [6.45, 7) is 9.48. The highest BCUT2D eigenvalue weighted by Gasteiger charge is 2.34. The Labute approximate surface area is 360 Å². The molecule has 0 atom stereocenters. The van der Waals surface area contributed by atoms with Crippen LogP contribution in [0.3, 0.4) is 0 Å². The zero-order chi connectivity index (χ0) is 44.5. The second-order valence-electron chi connectivity index (χ2n) is 15.5. The average Bonchev–Trinajstić information content (AvgIpc) is 4.07. The van der Waals surface area contributed by atoms with Crippen molar-refractivity contribution in [1.82, 2.24) is 18.3 Å². The molecule has 286 valence electrons. The van der Waals surface area contributed by atoms with Crippen LogP contribution in [-0.2, 0) is 0 Å². The van der Waals surface area contributed by atoms with Gasteiger partial charge >= 0.3 is 0 Å². The van der Waals surface area contributed by atoms with Crippen LogP contribution < -0.4 is 0 Å². The van der Waals surface area contributed by atoms with Crippen LogP contribution in [0.1, 0.15) is 11.0 Å². The maximum absolute atomic E-state index is 12.2. The van der Waals surface area contributed by atoms with Crippen molar-refractivity contribution in [2.24, 2.45) is 0 Å². The Hall–Kier alpha value is -8.84. The van der Waals surface area contributed by atoms with Crippen LogP contribution in [0.2, 0.25) is 0 Å². The standard InChI is InChI=1S/C56H32N6/c1-58-52-53(59-44-26-10-2-18-35(44)36-19-3-11-27-45(36)59)43(34-57)54(60-46-28-12-4-20-37(46)38-21-5-13-29-47(38)60)56(62-50-32-16-8-24-41(50)42-25-9-17-33-51(42)62)55(52)61-48-30-14-6-22-39(48)40-23-7-15-31-49(40)61/h2-33H/i18D,20D,22D,24D. The minimum absolute atomic E-state index is 0.177. The van der Waals surface area contributed by atoms with E-state index < -0.39 is 0 Å². The molecule has 9 aromatic carbocycles. The van der Waals surface area contributed by atoms with E-state index in [1.807, 2.05) is 150 Å². The molecule has 0 fully saturated rings. The molecule has 4 aromatic heterocycles. The molecule has 62 heavy (non-hydrogen) atoms. The van der Waals surface area contributed by atoms with Gasteiger partial charge in [0.2, 0.25) is 5.69 Å². The third-order valence-electron chi connectivity index (χ3n) is 12.4. The largest absolute Gasteiger partial charge is 0.318 e. The predicted octanol–water partition coefficient (Wildman–Crippen LogP) is 14.5. The van der Waals surface area contributed by atoms with Crippen molar-refractivity contribution in [3.63, 3.8) is 0 Å². The second kappa shape index (κ2) is 12.8. The van der Waals surface area contributed by atoms with Crippen molar-refractivity contribution in [1.29, 1.82) is 5.26 Å². The highest BCUT2D eigenvalue weighted by atomic mass is 15.1. The molecule has 0 unspecified atom stereocenters. The molecule has 0 saturated heterocycles. The first-order chi connectivity index (χ1) is 32.4. The first kappa shape index (κ1) is 30.2. The van der Waals surface area contributed by atoms with Gasteiger partial charge in [0.15, 0.2) is 0 Å². The lowest BCUT2D eigenvalue weighted by atomic mass is 10.0. The molecule has 0 radical (unpaired) electrons. The van der Waals surface area contributed by atoms with Gasteiger partial charge in [0.25, 0.3) is 0 Å². The number of hydrogen-bond donors (Lipinski definition) is 0. The fourth-order valence-electron chi connectivity index (χ4n) is 10.1. The molecule has 0 aliphatic heterocycles. The smallest absolute Gasteiger partial charge is 0.237 e. The van der Waals surface area contributed by atoms with E-state index in [9.17, 15) is 17.3 Å². The first-order valence-corrected chi connectivity index (χ1v) is 20.4. The number of nitrogens with zero attached hydrogens (tertiary/aromatic N) is 6. The maximum atomic E-state index is 12.2. The highest BCUT2D eigenvalue weighted by Crippen LogP contribution is 2.51. The lowest BCUT2D eigenvalue weighted by molar-refractivity contribution is 1.03. The van der Waals surface area contributed by atoms with Crippen molar-refractivity contribution in [2.45, 2.75) is 0 Å². The van der Waals surface area contributed by atoms with Gasteiger partial charge in [-0.15, -0.1) is 0 Å². The number of para-hydroxylation sites is 8. The summed E-state index contributed by atoms with van der Waals surface area (Å²) in [4.78, 5) is 4.55. The lowest BCUT2D eigenvalue weighted by Crippen LogP contribution is -2.14. The Bertz CT molecular complexity index is 4220. The summed E-state index contributed by atoms with van der Waals surface area (Å²) >= 11 is 0. The summed E-state index contributed by atoms with van der Waals surface area (Å²) in [5, 5.41) is 18.3. The van der Waals surface area contributed by atoms with Gasteiger partial charge in [-0.1, -0.05) is 145 Å². The molecule has 4 heterocycles. The summed E-state index contributed by atoms with van der Waals surface area (Å²) < 4.78 is 45.5. The van der Waals surface area contributed by atoms with E-state index in [-0.39, 0.29) is 11.3 Å². The van der Waals surface area contributed by atoms with Crippen LogP contribution in [0.15, 0.2) is 194 Å². The quantitative estimate of drug-likeness (QED) is 0.164. The zero-order valence-corrected chi connectivity index (χ0v) is 32.8. The van der Waals surface area contributed by atoms with Crippen LogP contribution in [-0.4, -0.2) is 18.3 Å². The van der Waals surface area contributed by atoms with Crippen LogP contribution in [0, 0.1) is 17.9 Å². The molecule has 6 nitrogen and oxygen atoms in total. The minimum atomic E-state index is 0.177. The van der Waals surface area contributed by atoms with Gasteiger partial charge in [-0.05, 0) is 48.5 Å². The Kier molecular flexibility index (Phi) is 6.26. The number of rotatable bonds is 4. The predicted molar refractivity (Wildman–Crippen MR) is 255 cm³/mol. The Balaban J connectivity index is 1.41. The highest BCUT2D eigenvalue weighted by molar-refractivity contribution is 6.16. The van der Waals surface area contributed by atoms with Gasteiger partial charge in [0.05, 0.1) is 84.5 Å². The van der Waals surface area contributed by atoms with Gasteiger partial charge in [-0.3, -0.25) is 0 Å². The van der Waals surface area contributed by atoms with Crippen molar-refractivity contribution >= 4 is 92.9 Å². The summed E-state index contributed by atoms with van der Waals surface area (Å²) in [5.41, 5.74) is 7.91. The van der Waals surface area contributed by atoms with E-state index in [1.165, 1.54) is 0 Å². The number of hydrogen-bond acceptors (Lipinski definition) is 1. The SMILES string of the molecule is [2H]c1cccc2c1c1ccccc1n2-c1c(C#N)c(-n2c3ccccc3c3c([2H])cccc32)c(-n2c3ccccc3c3c([2H])cccc32)c(-n2c3ccccc3c3c([2H])cccc32)c1[N+]#[C-]. The van der Waals surface area contributed by atoms with Gasteiger partial charge in [0.1, 0.15) is 6.07 Å². The summed E-state index contributed by atoms with van der Waals surface area (Å²) in [5.74, 6) is 0. The third-order valence-corrected chi connectivity index (χ3v) is 12.4. The van der Waals surface area contributed by atoms with Gasteiger partial charge in [0, 0.05) is 43.1 Å². The summed E-state index contributed by atoms with van der Waals surface area (Å²) in [6.07, 6.45) is 0. The molecule has 0 N–H and O–H groups in total. The number of benzene rings is 9. The van der Waals surface area contributed by atoms with E-state index in [0.29, 0.717) is 90.5 Å². The molecule has 0 bridgehead atoms. The lowest BCUT2D eigenvalue weighted by Gasteiger charge is -2.27. The van der Waals surface area contributed by atoms with Gasteiger partial charge in [-0.25, -0.2) is 4.85 Å². The third kappa shape index (κ3) is 4.39. The molecule has 0 saturated carbocycles. The molecule has 6 heteroatoms. The van der Waals surface area contributed by atoms with E-state index in [1.54, 1.807) is 24.3 Å². The van der Waals surface area contributed by atoms with Gasteiger partial charge in [-0.2, -0.15) is 5.26 Å². The topological polar surface area (TPSA) is 47.9 Å². The fraction of sp³-hybridized carbons (Fsp3) is 0. The first-order valence-electron chi connectivity index (χ1n) is 22.4. The molecule has 13 aromatic rings. The number of aromatic nitrogens is 4. The average molecular weight is 793 g/mol. The molecular formula is C56H32N6. The van der Waals surface area contributed by atoms with E-state index in [4.69, 9.17) is 0 Å². The minimum Gasteiger partial charge on any atom is -0.318 e. The second-order valence-corrected chi connectivity index (χ2v) is 15.5. The Morgan fingerprint density at radius 2 is 0.629 bits per heavy atom. The normalized spacial score (nSPS) is 12.7. The van der Waals surface area contributed by atoms with Crippen molar-refractivity contribution in [3.05, 3.63) is 211 Å². The zero-order valence-electron chi connectivity index (χ0n) is 36.8. The van der Waals surface area contributed by atoms with E-state index in [2.05, 4.69) is 24.6 Å². The van der Waals surface area contributed by atoms with E-state index in [0.717, 1.165) is 43.6 Å². The molecule has 13 rings (SSSR count). The molecule has 0 aliphatic rings. The van der Waals surface area contributed by atoms with Crippen molar-refractivity contribution in [3.8, 4) is 28.8 Å². The van der Waals surface area contributed by atoms with Crippen LogP contribution in [0.5, 0.6) is 0 Å². The van der Waals surface area contributed by atoms with Crippen molar-refractivity contribution in [2.75, 3.05) is 0 Å². The molecular weight excluding hydrogens is 757 g/mol. The molecule has 0 aliphatic carbocycles. The Morgan fingerprint density at radius 1 is 0.355 bits per heavy atom. The van der Waals surface area contributed by atoms with Crippen LogP contribution in [0.4, 0.5) is 5.69 Å². The summed E-state index contributed by atoms with van der Waals surface area (Å²) in [7, 11) is 0. The molecule has 0 spiro atoms. The fourth-order valence-corrected chi connectivity index (χ4v) is 10.1. The van der Waals surface area contributed by atoms with Crippen molar-refractivity contribution < 1.29 is 5.48 Å². The number of fused-ring (bicyclic) bond motifs is 12.